The number of nitrogens with zero attached hydrogens (tertiary/aromatic N) is 4. The minimum absolute atomic E-state index is 0.0691. The van der Waals surface area contributed by atoms with Crippen molar-refractivity contribution in [1.82, 2.24) is 19.7 Å². The monoisotopic (exact) mass is 559 g/mol. The van der Waals surface area contributed by atoms with Crippen LogP contribution in [0.1, 0.15) is 108 Å². The standard InChI is InChI=1S/C32H38FN5O3/c1-20(2)7-6-10-28-35-36-30(38(28)24-12-13-24)22(18-29(39)34-27-14-11-21(3)17-23(27)19-33)15-16-37-31(40)25-8-4-5-9-26(25)32(37)41/h4-5,8-9,11,14,17,20,22,24H,6-7,10,12-13,15-16,18-19H2,1-3H3,(H,34,39). The summed E-state index contributed by atoms with van der Waals surface area (Å²) in [6.07, 6.45) is 5.39. The quantitative estimate of drug-likeness (QED) is 0.253. The predicted molar refractivity (Wildman–Crippen MR) is 154 cm³/mol. The molecule has 0 radical (unpaired) electrons. The number of fused-ring (bicyclic) bond motifs is 1. The van der Waals surface area contributed by atoms with Gasteiger partial charge in [0, 0.05) is 42.6 Å². The zero-order chi connectivity index (χ0) is 29.1. The minimum atomic E-state index is -0.684. The molecule has 1 saturated carbocycles. The number of hydrogen-bond donors (Lipinski definition) is 1. The van der Waals surface area contributed by atoms with Crippen molar-refractivity contribution >= 4 is 23.4 Å². The first-order valence-corrected chi connectivity index (χ1v) is 14.6. The molecule has 8 nitrogen and oxygen atoms in total. The molecule has 1 N–H and O–H groups in total. The number of rotatable bonds is 13. The van der Waals surface area contributed by atoms with Crippen LogP contribution in [-0.4, -0.2) is 43.9 Å². The lowest BCUT2D eigenvalue weighted by molar-refractivity contribution is -0.116. The van der Waals surface area contributed by atoms with Crippen LogP contribution in [0.4, 0.5) is 10.1 Å². The summed E-state index contributed by atoms with van der Waals surface area (Å²) in [6.45, 7) is 5.75. The first-order chi connectivity index (χ1) is 19.8. The van der Waals surface area contributed by atoms with E-state index in [0.717, 1.165) is 43.5 Å². The topological polar surface area (TPSA) is 97.2 Å². The smallest absolute Gasteiger partial charge is 0.261 e. The number of nitrogens with one attached hydrogen (secondary N) is 1. The molecule has 9 heteroatoms. The van der Waals surface area contributed by atoms with Gasteiger partial charge in [-0.1, -0.05) is 50.1 Å². The number of aromatic nitrogens is 3. The van der Waals surface area contributed by atoms with Crippen molar-refractivity contribution in [3.63, 3.8) is 0 Å². The lowest BCUT2D eigenvalue weighted by Gasteiger charge is -2.21. The second-order valence-electron chi connectivity index (χ2n) is 11.7. The fraction of sp³-hybridized carbons (Fsp3) is 0.469. The van der Waals surface area contributed by atoms with E-state index < -0.39 is 6.67 Å². The molecule has 1 unspecified atom stereocenters. The summed E-state index contributed by atoms with van der Waals surface area (Å²) in [5, 5.41) is 12.0. The van der Waals surface area contributed by atoms with Gasteiger partial charge in [-0.3, -0.25) is 19.3 Å². The van der Waals surface area contributed by atoms with E-state index in [4.69, 9.17) is 0 Å². The highest BCUT2D eigenvalue weighted by Crippen LogP contribution is 2.40. The third-order valence-electron chi connectivity index (χ3n) is 7.94. The van der Waals surface area contributed by atoms with Crippen LogP contribution in [0.15, 0.2) is 42.5 Å². The molecule has 1 aliphatic carbocycles. The molecule has 1 aliphatic heterocycles. The van der Waals surface area contributed by atoms with Gasteiger partial charge in [-0.25, -0.2) is 4.39 Å². The SMILES string of the molecule is Cc1ccc(NC(=O)CC(CCN2C(=O)c3ccccc3C2=O)c2nnc(CCCC(C)C)n2C2CC2)c(CF)c1. The van der Waals surface area contributed by atoms with Gasteiger partial charge < -0.3 is 9.88 Å². The lowest BCUT2D eigenvalue weighted by Crippen LogP contribution is -2.32. The van der Waals surface area contributed by atoms with E-state index in [1.54, 1.807) is 36.4 Å². The first kappa shape index (κ1) is 28.6. The normalized spacial score (nSPS) is 15.5. The van der Waals surface area contributed by atoms with Gasteiger partial charge in [0.15, 0.2) is 0 Å². The van der Waals surface area contributed by atoms with E-state index in [0.29, 0.717) is 46.6 Å². The maximum Gasteiger partial charge on any atom is 0.261 e. The number of benzene rings is 2. The zero-order valence-electron chi connectivity index (χ0n) is 24.0. The van der Waals surface area contributed by atoms with Gasteiger partial charge in [-0.15, -0.1) is 10.2 Å². The number of amides is 3. The number of imide groups is 1. The van der Waals surface area contributed by atoms with Crippen LogP contribution >= 0.6 is 0 Å². The Hall–Kier alpha value is -3.88. The summed E-state index contributed by atoms with van der Waals surface area (Å²) in [6, 6.07) is 12.4. The van der Waals surface area contributed by atoms with E-state index >= 15 is 0 Å². The molecule has 0 saturated heterocycles. The zero-order valence-corrected chi connectivity index (χ0v) is 24.0. The summed E-state index contributed by atoms with van der Waals surface area (Å²) in [5.74, 6) is 0.936. The molecule has 41 heavy (non-hydrogen) atoms. The van der Waals surface area contributed by atoms with Crippen molar-refractivity contribution in [2.75, 3.05) is 11.9 Å². The van der Waals surface area contributed by atoms with Crippen molar-refractivity contribution < 1.29 is 18.8 Å². The summed E-state index contributed by atoms with van der Waals surface area (Å²) < 4.78 is 15.9. The number of halogens is 1. The second kappa shape index (κ2) is 12.3. The van der Waals surface area contributed by atoms with E-state index in [2.05, 4.69) is 33.9 Å². The van der Waals surface area contributed by atoms with Crippen LogP contribution in [0.2, 0.25) is 0 Å². The molecule has 0 bridgehead atoms. The summed E-state index contributed by atoms with van der Waals surface area (Å²) in [7, 11) is 0. The average Bonchev–Trinajstić information content (AvgIpc) is 3.66. The van der Waals surface area contributed by atoms with Crippen molar-refractivity contribution in [2.24, 2.45) is 5.92 Å². The largest absolute Gasteiger partial charge is 0.326 e. The Labute approximate surface area is 240 Å². The molecule has 3 amide bonds. The number of hydrogen-bond acceptors (Lipinski definition) is 5. The van der Waals surface area contributed by atoms with Crippen LogP contribution in [0, 0.1) is 12.8 Å². The number of carbonyl (C=O) groups excluding carboxylic acids is 3. The third kappa shape index (κ3) is 6.39. The van der Waals surface area contributed by atoms with Crippen LogP contribution in [-0.2, 0) is 17.9 Å². The number of alkyl halides is 1. The van der Waals surface area contributed by atoms with Gasteiger partial charge in [0.2, 0.25) is 5.91 Å². The lowest BCUT2D eigenvalue weighted by atomic mass is 9.98. The van der Waals surface area contributed by atoms with E-state index in [1.807, 2.05) is 13.0 Å². The summed E-state index contributed by atoms with van der Waals surface area (Å²) in [5.41, 5.74) is 2.59. The van der Waals surface area contributed by atoms with Crippen LogP contribution in [0.25, 0.3) is 0 Å². The molecule has 1 atom stereocenters. The minimum Gasteiger partial charge on any atom is -0.326 e. The van der Waals surface area contributed by atoms with Gasteiger partial charge in [-0.2, -0.15) is 0 Å². The maximum absolute atomic E-state index is 13.7. The molecule has 1 fully saturated rings. The highest BCUT2D eigenvalue weighted by atomic mass is 19.1. The van der Waals surface area contributed by atoms with E-state index in [9.17, 15) is 18.8 Å². The predicted octanol–water partition coefficient (Wildman–Crippen LogP) is 6.17. The molecule has 216 valence electrons. The average molecular weight is 560 g/mol. The van der Waals surface area contributed by atoms with Crippen LogP contribution in [0.3, 0.4) is 0 Å². The molecule has 1 aromatic heterocycles. The third-order valence-corrected chi connectivity index (χ3v) is 7.94. The van der Waals surface area contributed by atoms with Crippen molar-refractivity contribution in [2.45, 2.75) is 84.4 Å². The van der Waals surface area contributed by atoms with Crippen molar-refractivity contribution in [1.29, 1.82) is 0 Å². The van der Waals surface area contributed by atoms with E-state index in [-0.39, 0.29) is 36.6 Å². The van der Waals surface area contributed by atoms with Crippen LogP contribution in [0.5, 0.6) is 0 Å². The van der Waals surface area contributed by atoms with Crippen molar-refractivity contribution in [3.8, 4) is 0 Å². The molecule has 2 aromatic carbocycles. The van der Waals surface area contributed by atoms with E-state index in [1.165, 1.54) is 4.90 Å². The Kier molecular flexibility index (Phi) is 8.61. The fourth-order valence-corrected chi connectivity index (χ4v) is 5.61. The Balaban J connectivity index is 1.39. The Bertz CT molecular complexity index is 1410. The number of aryl methyl sites for hydroxylation is 2. The molecular formula is C32H38FN5O3. The highest BCUT2D eigenvalue weighted by Gasteiger charge is 2.37. The fourth-order valence-electron chi connectivity index (χ4n) is 5.61. The second-order valence-corrected chi connectivity index (χ2v) is 11.7. The number of anilines is 1. The Morgan fingerprint density at radius 3 is 2.39 bits per heavy atom. The highest BCUT2D eigenvalue weighted by molar-refractivity contribution is 6.21. The van der Waals surface area contributed by atoms with Gasteiger partial charge in [0.25, 0.3) is 11.8 Å². The Morgan fingerprint density at radius 2 is 1.76 bits per heavy atom. The molecule has 0 spiro atoms. The molecular weight excluding hydrogens is 521 g/mol. The van der Waals surface area contributed by atoms with Gasteiger partial charge in [-0.05, 0) is 56.7 Å². The summed E-state index contributed by atoms with van der Waals surface area (Å²) in [4.78, 5) is 40.7. The van der Waals surface area contributed by atoms with Crippen molar-refractivity contribution in [3.05, 3.63) is 76.4 Å². The molecule has 5 rings (SSSR count). The molecule has 2 aliphatic rings. The van der Waals surface area contributed by atoms with Gasteiger partial charge >= 0.3 is 0 Å². The Morgan fingerprint density at radius 1 is 1.05 bits per heavy atom. The van der Waals surface area contributed by atoms with Gasteiger partial charge in [0.1, 0.15) is 18.3 Å². The van der Waals surface area contributed by atoms with Crippen LogP contribution < -0.4 is 5.32 Å². The first-order valence-electron chi connectivity index (χ1n) is 14.6. The van der Waals surface area contributed by atoms with Gasteiger partial charge in [0.05, 0.1) is 11.1 Å². The molecule has 3 aromatic rings. The number of carbonyl (C=O) groups is 3. The maximum atomic E-state index is 13.7. The molecule has 2 heterocycles. The summed E-state index contributed by atoms with van der Waals surface area (Å²) >= 11 is 0.